The van der Waals surface area contributed by atoms with Crippen molar-refractivity contribution in [2.75, 3.05) is 7.11 Å². The van der Waals surface area contributed by atoms with Crippen LogP contribution in [0.3, 0.4) is 0 Å². The first kappa shape index (κ1) is 22.4. The zero-order valence-electron chi connectivity index (χ0n) is 17.7. The SMILES string of the molecule is C=C(C)[C@H]1C[C@H](c2ccccc2Cl)[C@H](C)O[C@@H]1c1cc(CCC(=O)O)ccc1OC. The number of halogens is 1. The molecule has 0 amide bonds. The van der Waals surface area contributed by atoms with Crippen molar-refractivity contribution in [1.29, 1.82) is 0 Å². The zero-order chi connectivity index (χ0) is 21.8. The second-order valence-corrected chi connectivity index (χ2v) is 8.46. The standard InChI is InChI=1S/C25H29ClO4/c1-15(2)19-14-20(18-7-5-6-8-22(18)26)16(3)30-25(19)21-13-17(10-12-24(27)28)9-11-23(21)29-4/h5-9,11,13,16,19-20,25H,1,10,12,14H2,2-4H3,(H,27,28)/t16-,19+,20-,25-/m0/s1. The summed E-state index contributed by atoms with van der Waals surface area (Å²) in [5, 5.41) is 9.79. The van der Waals surface area contributed by atoms with Gasteiger partial charge in [0.15, 0.2) is 0 Å². The molecule has 2 aromatic rings. The molecule has 1 heterocycles. The lowest BCUT2D eigenvalue weighted by molar-refractivity contribution is -0.136. The first-order chi connectivity index (χ1) is 14.3. The first-order valence-electron chi connectivity index (χ1n) is 10.3. The van der Waals surface area contributed by atoms with Crippen LogP contribution in [0, 0.1) is 5.92 Å². The van der Waals surface area contributed by atoms with E-state index in [1.807, 2.05) is 43.3 Å². The molecule has 0 aliphatic carbocycles. The van der Waals surface area contributed by atoms with E-state index >= 15 is 0 Å². The van der Waals surface area contributed by atoms with Gasteiger partial charge >= 0.3 is 5.97 Å². The molecule has 30 heavy (non-hydrogen) atoms. The average molecular weight is 429 g/mol. The number of benzene rings is 2. The van der Waals surface area contributed by atoms with E-state index in [9.17, 15) is 4.79 Å². The molecule has 1 fully saturated rings. The quantitative estimate of drug-likeness (QED) is 0.534. The summed E-state index contributed by atoms with van der Waals surface area (Å²) in [6, 6.07) is 13.8. The fourth-order valence-corrected chi connectivity index (χ4v) is 4.60. The van der Waals surface area contributed by atoms with Crippen LogP contribution in [0.2, 0.25) is 5.02 Å². The second kappa shape index (κ2) is 9.67. The molecule has 0 unspecified atom stereocenters. The van der Waals surface area contributed by atoms with Crippen molar-refractivity contribution in [2.45, 2.75) is 51.2 Å². The number of carboxylic acid groups (broad SMARTS) is 1. The highest BCUT2D eigenvalue weighted by atomic mass is 35.5. The van der Waals surface area contributed by atoms with E-state index in [0.29, 0.717) is 6.42 Å². The van der Waals surface area contributed by atoms with Gasteiger partial charge in [-0.2, -0.15) is 0 Å². The number of hydrogen-bond acceptors (Lipinski definition) is 3. The summed E-state index contributed by atoms with van der Waals surface area (Å²) in [4.78, 5) is 11.0. The van der Waals surface area contributed by atoms with E-state index in [2.05, 4.69) is 19.6 Å². The van der Waals surface area contributed by atoms with Gasteiger partial charge in [-0.05, 0) is 56.0 Å². The molecule has 160 valence electrons. The molecule has 5 heteroatoms. The molecule has 4 nitrogen and oxygen atoms in total. The molecule has 4 atom stereocenters. The molecule has 0 aromatic heterocycles. The van der Waals surface area contributed by atoms with Gasteiger partial charge in [0.2, 0.25) is 0 Å². The zero-order valence-corrected chi connectivity index (χ0v) is 18.5. The van der Waals surface area contributed by atoms with Gasteiger partial charge in [0.25, 0.3) is 0 Å². The van der Waals surface area contributed by atoms with Crippen molar-refractivity contribution >= 4 is 17.6 Å². The van der Waals surface area contributed by atoms with Crippen LogP contribution in [-0.4, -0.2) is 24.3 Å². The lowest BCUT2D eigenvalue weighted by Gasteiger charge is -2.42. The molecule has 0 spiro atoms. The van der Waals surface area contributed by atoms with Gasteiger partial charge in [-0.3, -0.25) is 4.79 Å². The maximum Gasteiger partial charge on any atom is 0.303 e. The largest absolute Gasteiger partial charge is 0.496 e. The van der Waals surface area contributed by atoms with Crippen molar-refractivity contribution < 1.29 is 19.4 Å². The van der Waals surface area contributed by atoms with Crippen molar-refractivity contribution in [2.24, 2.45) is 5.92 Å². The van der Waals surface area contributed by atoms with E-state index in [1.54, 1.807) is 7.11 Å². The molecule has 3 rings (SSSR count). The molecule has 0 bridgehead atoms. The van der Waals surface area contributed by atoms with Crippen LogP contribution in [-0.2, 0) is 16.0 Å². The van der Waals surface area contributed by atoms with Gasteiger partial charge in [0.1, 0.15) is 5.75 Å². The third-order valence-corrected chi connectivity index (χ3v) is 6.31. The van der Waals surface area contributed by atoms with Gasteiger partial charge in [-0.25, -0.2) is 0 Å². The van der Waals surface area contributed by atoms with E-state index in [0.717, 1.165) is 39.5 Å². The van der Waals surface area contributed by atoms with Gasteiger partial charge < -0.3 is 14.6 Å². The Morgan fingerprint density at radius 2 is 2.00 bits per heavy atom. The Morgan fingerprint density at radius 1 is 1.27 bits per heavy atom. The Bertz CT molecular complexity index is 923. The first-order valence-corrected chi connectivity index (χ1v) is 10.6. The van der Waals surface area contributed by atoms with Gasteiger partial charge in [-0.15, -0.1) is 0 Å². The fraction of sp³-hybridized carbons (Fsp3) is 0.400. The van der Waals surface area contributed by atoms with Gasteiger partial charge in [-0.1, -0.05) is 48.0 Å². The van der Waals surface area contributed by atoms with E-state index in [4.69, 9.17) is 26.2 Å². The summed E-state index contributed by atoms with van der Waals surface area (Å²) in [6.07, 6.45) is 1.17. The summed E-state index contributed by atoms with van der Waals surface area (Å²) >= 11 is 6.49. The molecule has 1 saturated heterocycles. The Kier molecular flexibility index (Phi) is 7.22. The topological polar surface area (TPSA) is 55.8 Å². The Labute approximate surface area is 183 Å². The summed E-state index contributed by atoms with van der Waals surface area (Å²) in [5.74, 6) is 0.190. The molecule has 1 N–H and O–H groups in total. The lowest BCUT2D eigenvalue weighted by Crippen LogP contribution is -2.34. The van der Waals surface area contributed by atoms with Crippen molar-refractivity contribution in [3.63, 3.8) is 0 Å². The summed E-state index contributed by atoms with van der Waals surface area (Å²) in [6.45, 7) is 8.35. The predicted octanol–water partition coefficient (Wildman–Crippen LogP) is 6.19. The number of aryl methyl sites for hydroxylation is 1. The molecule has 1 aliphatic rings. The number of ether oxygens (including phenoxy) is 2. The van der Waals surface area contributed by atoms with Crippen LogP contribution in [0.1, 0.15) is 55.4 Å². The summed E-state index contributed by atoms with van der Waals surface area (Å²) in [5.41, 5.74) is 4.04. The van der Waals surface area contributed by atoms with Crippen LogP contribution in [0.4, 0.5) is 0 Å². The molecule has 2 aromatic carbocycles. The predicted molar refractivity (Wildman–Crippen MR) is 119 cm³/mol. The van der Waals surface area contributed by atoms with Crippen molar-refractivity contribution in [3.05, 3.63) is 76.3 Å². The van der Waals surface area contributed by atoms with Gasteiger partial charge in [0, 0.05) is 28.8 Å². The minimum Gasteiger partial charge on any atom is -0.496 e. The number of aliphatic carboxylic acids is 1. The fourth-order valence-electron chi connectivity index (χ4n) is 4.33. The minimum absolute atomic E-state index is 0.0436. The molecule has 1 aliphatic heterocycles. The third-order valence-electron chi connectivity index (χ3n) is 5.97. The van der Waals surface area contributed by atoms with E-state index < -0.39 is 5.97 Å². The number of rotatable bonds is 7. The average Bonchev–Trinajstić information content (AvgIpc) is 2.72. The smallest absolute Gasteiger partial charge is 0.303 e. The third kappa shape index (κ3) is 4.88. The number of carbonyl (C=O) groups is 1. The number of carboxylic acids is 1. The summed E-state index contributed by atoms with van der Waals surface area (Å²) < 4.78 is 12.2. The lowest BCUT2D eigenvalue weighted by atomic mass is 9.75. The highest BCUT2D eigenvalue weighted by Crippen LogP contribution is 2.49. The van der Waals surface area contributed by atoms with Crippen LogP contribution in [0.25, 0.3) is 0 Å². The maximum atomic E-state index is 11.0. The minimum atomic E-state index is -0.808. The summed E-state index contributed by atoms with van der Waals surface area (Å²) in [7, 11) is 1.64. The van der Waals surface area contributed by atoms with Crippen molar-refractivity contribution in [1.82, 2.24) is 0 Å². The molecular formula is C25H29ClO4. The number of hydrogen-bond donors (Lipinski definition) is 1. The van der Waals surface area contributed by atoms with Crippen LogP contribution < -0.4 is 4.74 Å². The van der Waals surface area contributed by atoms with E-state index in [-0.39, 0.29) is 30.5 Å². The molecular weight excluding hydrogens is 400 g/mol. The maximum absolute atomic E-state index is 11.0. The highest BCUT2D eigenvalue weighted by Gasteiger charge is 2.39. The Morgan fingerprint density at radius 3 is 2.63 bits per heavy atom. The van der Waals surface area contributed by atoms with E-state index in [1.165, 1.54) is 0 Å². The second-order valence-electron chi connectivity index (χ2n) is 8.05. The number of methoxy groups -OCH3 is 1. The van der Waals surface area contributed by atoms with Crippen LogP contribution >= 0.6 is 11.6 Å². The Hall–Kier alpha value is -2.30. The molecule has 0 radical (unpaired) electrons. The Balaban J connectivity index is 1.95. The van der Waals surface area contributed by atoms with Gasteiger partial charge in [0.05, 0.1) is 19.3 Å². The highest BCUT2D eigenvalue weighted by molar-refractivity contribution is 6.31. The monoisotopic (exact) mass is 428 g/mol. The molecule has 0 saturated carbocycles. The van der Waals surface area contributed by atoms with Crippen molar-refractivity contribution in [3.8, 4) is 5.75 Å². The van der Waals surface area contributed by atoms with Crippen LogP contribution in [0.15, 0.2) is 54.6 Å². The normalized spacial score (nSPS) is 23.7. The van der Waals surface area contributed by atoms with Crippen LogP contribution in [0.5, 0.6) is 5.75 Å².